The third-order valence-electron chi connectivity index (χ3n) is 5.69. The smallest absolute Gasteiger partial charge is 0.225 e. The average Bonchev–Trinajstić information content (AvgIpc) is 2.96. The molecular weight excluding hydrogens is 366 g/mol. The second kappa shape index (κ2) is 8.28. The molecule has 1 amide bonds. The number of hydrogen-bond acceptors (Lipinski definition) is 5. The van der Waals surface area contributed by atoms with Crippen LogP contribution in [-0.2, 0) is 21.4 Å². The number of nitrogens with zero attached hydrogens (tertiary/aromatic N) is 5. The van der Waals surface area contributed by atoms with Crippen LogP contribution in [0.5, 0.6) is 0 Å². The summed E-state index contributed by atoms with van der Waals surface area (Å²) in [5.74, 6) is 0.158. The van der Waals surface area contributed by atoms with E-state index in [0.717, 1.165) is 45.0 Å². The van der Waals surface area contributed by atoms with Crippen molar-refractivity contribution in [3.63, 3.8) is 0 Å². The number of aryl methyl sites for hydroxylation is 2. The normalized spacial score (nSPS) is 20.9. The lowest BCUT2D eigenvalue weighted by Gasteiger charge is -2.38. The number of aromatic nitrogens is 2. The third-order valence-corrected chi connectivity index (χ3v) is 6.99. The second-order valence-electron chi connectivity index (χ2n) is 7.75. The minimum absolute atomic E-state index is 0.0377. The predicted molar refractivity (Wildman–Crippen MR) is 104 cm³/mol. The van der Waals surface area contributed by atoms with E-state index in [0.29, 0.717) is 25.9 Å². The molecule has 2 saturated heterocycles. The molecule has 0 bridgehead atoms. The summed E-state index contributed by atoms with van der Waals surface area (Å²) in [6.45, 7) is 10.1. The van der Waals surface area contributed by atoms with Gasteiger partial charge in [-0.2, -0.15) is 5.10 Å². The van der Waals surface area contributed by atoms with E-state index in [9.17, 15) is 13.2 Å². The van der Waals surface area contributed by atoms with E-state index in [4.69, 9.17) is 0 Å². The van der Waals surface area contributed by atoms with Crippen LogP contribution in [0.2, 0.25) is 0 Å². The molecule has 0 aromatic carbocycles. The molecule has 3 rings (SSSR count). The maximum atomic E-state index is 12.8. The van der Waals surface area contributed by atoms with Crippen LogP contribution in [0.15, 0.2) is 6.07 Å². The van der Waals surface area contributed by atoms with Crippen LogP contribution in [0.1, 0.15) is 24.2 Å². The molecule has 2 fully saturated rings. The molecule has 152 valence electrons. The lowest BCUT2D eigenvalue weighted by molar-refractivity contribution is -0.138. The number of carbonyl (C=O) groups is 1. The lowest BCUT2D eigenvalue weighted by Crippen LogP contribution is -2.52. The predicted octanol–water partition coefficient (Wildman–Crippen LogP) is 0.316. The Morgan fingerprint density at radius 1 is 1.07 bits per heavy atom. The van der Waals surface area contributed by atoms with Gasteiger partial charge in [0.25, 0.3) is 0 Å². The summed E-state index contributed by atoms with van der Waals surface area (Å²) in [5.41, 5.74) is 2.23. The number of rotatable bonds is 5. The number of hydrogen-bond donors (Lipinski definition) is 0. The fraction of sp³-hybridized carbons (Fsp3) is 0.778. The minimum Gasteiger partial charge on any atom is -0.340 e. The number of piperidine rings is 1. The van der Waals surface area contributed by atoms with Crippen molar-refractivity contribution >= 4 is 15.9 Å². The van der Waals surface area contributed by atoms with Gasteiger partial charge in [0.15, 0.2) is 0 Å². The summed E-state index contributed by atoms with van der Waals surface area (Å²) >= 11 is 0. The first-order valence-electron chi connectivity index (χ1n) is 9.71. The van der Waals surface area contributed by atoms with Crippen molar-refractivity contribution in [1.29, 1.82) is 0 Å². The summed E-state index contributed by atoms with van der Waals surface area (Å²) in [5, 5.41) is 4.50. The molecule has 0 radical (unpaired) electrons. The van der Waals surface area contributed by atoms with Crippen molar-refractivity contribution < 1.29 is 13.2 Å². The van der Waals surface area contributed by atoms with E-state index in [1.165, 1.54) is 16.3 Å². The van der Waals surface area contributed by atoms with Crippen LogP contribution in [0, 0.1) is 19.8 Å². The van der Waals surface area contributed by atoms with Crippen molar-refractivity contribution in [1.82, 2.24) is 23.9 Å². The molecule has 27 heavy (non-hydrogen) atoms. The first-order valence-corrected chi connectivity index (χ1v) is 11.6. The Balaban J connectivity index is 1.42. The van der Waals surface area contributed by atoms with Crippen molar-refractivity contribution in [2.75, 3.05) is 52.1 Å². The molecule has 3 heterocycles. The van der Waals surface area contributed by atoms with Gasteiger partial charge in [-0.3, -0.25) is 14.4 Å². The van der Waals surface area contributed by atoms with Gasteiger partial charge in [-0.25, -0.2) is 12.7 Å². The number of amides is 1. The first kappa shape index (κ1) is 20.3. The van der Waals surface area contributed by atoms with E-state index >= 15 is 0 Å². The molecule has 0 saturated carbocycles. The van der Waals surface area contributed by atoms with Crippen molar-refractivity contribution in [3.8, 4) is 0 Å². The monoisotopic (exact) mass is 397 g/mol. The Labute approximate surface area is 162 Å². The Bertz CT molecular complexity index is 760. The molecule has 1 aromatic rings. The van der Waals surface area contributed by atoms with Crippen molar-refractivity contribution in [2.45, 2.75) is 33.2 Å². The van der Waals surface area contributed by atoms with E-state index < -0.39 is 10.0 Å². The summed E-state index contributed by atoms with van der Waals surface area (Å²) in [7, 11) is -3.14. The van der Waals surface area contributed by atoms with Gasteiger partial charge in [-0.15, -0.1) is 0 Å². The Morgan fingerprint density at radius 2 is 1.70 bits per heavy atom. The van der Waals surface area contributed by atoms with E-state index in [1.807, 2.05) is 16.5 Å². The quantitative estimate of drug-likeness (QED) is 0.715. The molecule has 0 spiro atoms. The van der Waals surface area contributed by atoms with Gasteiger partial charge in [-0.1, -0.05) is 0 Å². The highest BCUT2D eigenvalue weighted by Crippen LogP contribution is 2.22. The van der Waals surface area contributed by atoms with Crippen molar-refractivity contribution in [3.05, 3.63) is 17.5 Å². The van der Waals surface area contributed by atoms with Gasteiger partial charge in [0.05, 0.1) is 18.5 Å². The minimum atomic E-state index is -3.14. The van der Waals surface area contributed by atoms with Gasteiger partial charge in [0, 0.05) is 57.4 Å². The SMILES string of the molecule is Cc1cc(C)n(CCN2CCN(C(=O)C3CCN(S(C)(=O)=O)CC3)CC2)n1. The summed E-state index contributed by atoms with van der Waals surface area (Å²) in [4.78, 5) is 17.1. The van der Waals surface area contributed by atoms with Crippen molar-refractivity contribution in [2.24, 2.45) is 5.92 Å². The number of carbonyl (C=O) groups excluding carboxylic acids is 1. The van der Waals surface area contributed by atoms with Gasteiger partial charge in [-0.05, 0) is 32.8 Å². The fourth-order valence-corrected chi connectivity index (χ4v) is 4.90. The van der Waals surface area contributed by atoms with Gasteiger partial charge >= 0.3 is 0 Å². The molecule has 0 N–H and O–H groups in total. The highest BCUT2D eigenvalue weighted by molar-refractivity contribution is 7.88. The standard InChI is InChI=1S/C18H31N5O3S/c1-15-14-16(2)23(19-15)13-10-20-8-11-21(12-9-20)18(24)17-4-6-22(7-5-17)27(3,25)26/h14,17H,4-13H2,1-3H3. The van der Waals surface area contributed by atoms with Crippen LogP contribution in [0.4, 0.5) is 0 Å². The van der Waals surface area contributed by atoms with E-state index in [-0.39, 0.29) is 11.8 Å². The van der Waals surface area contributed by atoms with Crippen LogP contribution < -0.4 is 0 Å². The molecule has 2 aliphatic heterocycles. The Morgan fingerprint density at radius 3 is 2.22 bits per heavy atom. The molecule has 0 unspecified atom stereocenters. The zero-order chi connectivity index (χ0) is 19.6. The van der Waals surface area contributed by atoms with Crippen LogP contribution in [0.25, 0.3) is 0 Å². The molecule has 1 aromatic heterocycles. The lowest BCUT2D eigenvalue weighted by atomic mass is 9.96. The molecule has 2 aliphatic rings. The number of sulfonamides is 1. The first-order chi connectivity index (χ1) is 12.7. The summed E-state index contributed by atoms with van der Waals surface area (Å²) < 4.78 is 26.7. The maximum absolute atomic E-state index is 12.8. The number of piperazine rings is 1. The molecular formula is C18H31N5O3S. The fourth-order valence-electron chi connectivity index (χ4n) is 4.02. The average molecular weight is 398 g/mol. The van der Waals surface area contributed by atoms with Gasteiger partial charge < -0.3 is 4.90 Å². The zero-order valence-electron chi connectivity index (χ0n) is 16.6. The largest absolute Gasteiger partial charge is 0.340 e. The molecule has 0 aliphatic carbocycles. The molecule has 9 heteroatoms. The molecule has 8 nitrogen and oxygen atoms in total. The second-order valence-corrected chi connectivity index (χ2v) is 9.74. The van der Waals surface area contributed by atoms with E-state index in [2.05, 4.69) is 23.0 Å². The molecule has 0 atom stereocenters. The zero-order valence-corrected chi connectivity index (χ0v) is 17.4. The highest BCUT2D eigenvalue weighted by atomic mass is 32.2. The van der Waals surface area contributed by atoms with E-state index in [1.54, 1.807) is 0 Å². The Kier molecular flexibility index (Phi) is 6.22. The Hall–Kier alpha value is -1.45. The van der Waals surface area contributed by atoms with Crippen LogP contribution in [0.3, 0.4) is 0 Å². The van der Waals surface area contributed by atoms with Gasteiger partial charge in [0.2, 0.25) is 15.9 Å². The topological polar surface area (TPSA) is 78.8 Å². The van der Waals surface area contributed by atoms with Gasteiger partial charge in [0.1, 0.15) is 0 Å². The van der Waals surface area contributed by atoms with Crippen LogP contribution in [-0.4, -0.2) is 90.3 Å². The summed E-state index contributed by atoms with van der Waals surface area (Å²) in [6, 6.07) is 2.09. The van der Waals surface area contributed by atoms with Crippen LogP contribution >= 0.6 is 0 Å². The maximum Gasteiger partial charge on any atom is 0.225 e. The third kappa shape index (κ3) is 5.08. The summed E-state index contributed by atoms with van der Waals surface area (Å²) in [6.07, 6.45) is 2.49. The highest BCUT2D eigenvalue weighted by Gasteiger charge is 2.32.